The van der Waals surface area contributed by atoms with Crippen LogP contribution in [0.1, 0.15) is 412 Å². The minimum Gasteiger partial charge on any atom is -0.462 e. The van der Waals surface area contributed by atoms with Crippen molar-refractivity contribution in [2.45, 2.75) is 418 Å². The van der Waals surface area contributed by atoms with Gasteiger partial charge in [0.2, 0.25) is 0 Å². The topological polar surface area (TPSA) is 108 Å². The molecular formula is C86H161NO8P+. The monoisotopic (exact) mass is 1370 g/mol. The average Bonchev–Trinajstić information content (AvgIpc) is 2.74. The summed E-state index contributed by atoms with van der Waals surface area (Å²) in [5.74, 6) is -0.773. The Balaban J connectivity index is 3.89. The summed E-state index contributed by atoms with van der Waals surface area (Å²) in [6.45, 7) is 4.38. The van der Waals surface area contributed by atoms with Gasteiger partial charge in [-0.15, -0.1) is 0 Å². The van der Waals surface area contributed by atoms with Crippen LogP contribution in [0.3, 0.4) is 0 Å². The van der Waals surface area contributed by atoms with E-state index in [1.807, 2.05) is 21.1 Å². The third-order valence-electron chi connectivity index (χ3n) is 18.7. The van der Waals surface area contributed by atoms with Crippen molar-refractivity contribution >= 4 is 19.8 Å². The summed E-state index contributed by atoms with van der Waals surface area (Å²) in [6.07, 6.45) is 105. The molecule has 2 unspecified atom stereocenters. The van der Waals surface area contributed by atoms with Gasteiger partial charge in [0.25, 0.3) is 0 Å². The number of likely N-dealkylation sites (N-methyl/N-ethyl adjacent to an activating group) is 1. The first-order chi connectivity index (χ1) is 47.0. The van der Waals surface area contributed by atoms with Gasteiger partial charge in [-0.2, -0.15) is 0 Å². The van der Waals surface area contributed by atoms with Crippen molar-refractivity contribution in [2.24, 2.45) is 0 Å². The molecule has 0 aliphatic heterocycles. The maximum Gasteiger partial charge on any atom is 0.472 e. The van der Waals surface area contributed by atoms with Gasteiger partial charge < -0.3 is 18.9 Å². The van der Waals surface area contributed by atoms with Crippen molar-refractivity contribution in [1.82, 2.24) is 0 Å². The number of ether oxygens (including phenoxy) is 2. The second-order valence-corrected chi connectivity index (χ2v) is 30.9. The molecule has 0 aromatic heterocycles. The first kappa shape index (κ1) is 93.5. The zero-order valence-electron chi connectivity index (χ0n) is 64.4. The maximum absolute atomic E-state index is 12.9. The number of carbonyl (C=O) groups excluding carboxylic acids is 2. The molecule has 0 fully saturated rings. The number of phosphoric ester groups is 1. The van der Waals surface area contributed by atoms with Crippen molar-refractivity contribution in [2.75, 3.05) is 47.5 Å². The van der Waals surface area contributed by atoms with Crippen LogP contribution in [0.4, 0.5) is 0 Å². The molecule has 0 rings (SSSR count). The average molecular weight is 1370 g/mol. The molecule has 0 spiro atoms. The van der Waals surface area contributed by atoms with E-state index in [-0.39, 0.29) is 25.6 Å². The van der Waals surface area contributed by atoms with Crippen molar-refractivity contribution in [1.29, 1.82) is 0 Å². The highest BCUT2D eigenvalue weighted by Gasteiger charge is 2.27. The van der Waals surface area contributed by atoms with Crippen LogP contribution >= 0.6 is 7.82 Å². The van der Waals surface area contributed by atoms with Crippen LogP contribution in [-0.2, 0) is 32.7 Å². The maximum atomic E-state index is 12.9. The number of allylic oxidation sites excluding steroid dienone is 12. The molecule has 0 radical (unpaired) electrons. The van der Waals surface area contributed by atoms with Crippen LogP contribution in [0, 0.1) is 0 Å². The van der Waals surface area contributed by atoms with Crippen molar-refractivity contribution in [3.63, 3.8) is 0 Å². The summed E-state index contributed by atoms with van der Waals surface area (Å²) in [5.41, 5.74) is 0. The molecule has 0 saturated carbocycles. The summed E-state index contributed by atoms with van der Waals surface area (Å²) >= 11 is 0. The van der Waals surface area contributed by atoms with Gasteiger partial charge >= 0.3 is 19.8 Å². The number of hydrogen-bond acceptors (Lipinski definition) is 7. The van der Waals surface area contributed by atoms with Crippen molar-refractivity contribution in [3.05, 3.63) is 72.9 Å². The number of hydrogen-bond donors (Lipinski definition) is 1. The van der Waals surface area contributed by atoms with E-state index in [0.29, 0.717) is 23.9 Å². The lowest BCUT2D eigenvalue weighted by Crippen LogP contribution is -2.37. The molecule has 0 aromatic carbocycles. The Morgan fingerprint density at radius 3 is 0.885 bits per heavy atom. The first-order valence-electron chi connectivity index (χ1n) is 41.7. The summed E-state index contributed by atoms with van der Waals surface area (Å²) in [7, 11) is 1.50. The zero-order valence-corrected chi connectivity index (χ0v) is 65.3. The van der Waals surface area contributed by atoms with Gasteiger partial charge in [0, 0.05) is 12.8 Å². The number of unbranched alkanes of at least 4 members (excludes halogenated alkanes) is 52. The van der Waals surface area contributed by atoms with E-state index < -0.39 is 26.5 Å². The van der Waals surface area contributed by atoms with Crippen LogP contribution < -0.4 is 0 Å². The lowest BCUT2D eigenvalue weighted by Gasteiger charge is -2.24. The molecule has 0 heterocycles. The third kappa shape index (κ3) is 80.4. The predicted molar refractivity (Wildman–Crippen MR) is 418 cm³/mol. The Bertz CT molecular complexity index is 1850. The summed E-state index contributed by atoms with van der Waals surface area (Å²) in [4.78, 5) is 36.0. The highest BCUT2D eigenvalue weighted by Crippen LogP contribution is 2.43. The van der Waals surface area contributed by atoms with Crippen LogP contribution in [0.5, 0.6) is 0 Å². The number of quaternary nitrogens is 1. The number of nitrogens with zero attached hydrogens (tertiary/aromatic N) is 1. The Hall–Kier alpha value is -2.55. The van der Waals surface area contributed by atoms with Crippen LogP contribution in [0.2, 0.25) is 0 Å². The van der Waals surface area contributed by atoms with Gasteiger partial charge in [0.15, 0.2) is 6.10 Å². The van der Waals surface area contributed by atoms with Gasteiger partial charge in [0.05, 0.1) is 27.7 Å². The Kier molecular flexibility index (Phi) is 74.6. The van der Waals surface area contributed by atoms with Gasteiger partial charge in [-0.1, -0.05) is 389 Å². The van der Waals surface area contributed by atoms with Gasteiger partial charge in [-0.25, -0.2) is 4.57 Å². The Labute approximate surface area is 597 Å². The molecule has 10 heteroatoms. The standard InChI is InChI=1S/C86H160NO8P/c1-6-8-10-12-14-16-18-20-22-24-26-28-30-32-34-36-38-40-42-43-45-46-48-50-52-54-56-58-60-62-64-66-68-70-72-74-76-78-85(88)92-82-84(83-94-96(90,91)93-81-80-87(3,4)5)95-86(89)79-77-75-73-71-69-67-65-63-61-59-57-55-53-51-49-47-44-41-39-37-35-33-31-29-27-25-23-21-19-17-15-13-11-9-7-2/h9,11,15,17-18,20-21,23-24,26-27,29,84H,6-8,10,12-14,16,19,22,25,28,30-83H2,1-5H3/p+1/b11-9-,17-15-,20-18-,23-21-,26-24-,29-27-. The molecule has 96 heavy (non-hydrogen) atoms. The largest absolute Gasteiger partial charge is 0.472 e. The Morgan fingerprint density at radius 1 is 0.333 bits per heavy atom. The van der Waals surface area contributed by atoms with Gasteiger partial charge in [-0.05, 0) is 83.5 Å². The van der Waals surface area contributed by atoms with E-state index in [1.165, 1.54) is 315 Å². The van der Waals surface area contributed by atoms with E-state index in [4.69, 9.17) is 18.5 Å². The van der Waals surface area contributed by atoms with Crippen LogP contribution in [-0.4, -0.2) is 74.9 Å². The first-order valence-corrected chi connectivity index (χ1v) is 43.2. The molecular weight excluding hydrogens is 1210 g/mol. The summed E-state index contributed by atoms with van der Waals surface area (Å²) < 4.78 is 34.9. The number of esters is 2. The molecule has 0 bridgehead atoms. The minimum atomic E-state index is -4.40. The van der Waals surface area contributed by atoms with Crippen LogP contribution in [0.25, 0.3) is 0 Å². The fraction of sp³-hybridized carbons (Fsp3) is 0.837. The van der Waals surface area contributed by atoms with E-state index in [9.17, 15) is 19.0 Å². The second kappa shape index (κ2) is 76.6. The molecule has 0 amide bonds. The quantitative estimate of drug-likeness (QED) is 0.0211. The molecule has 1 N–H and O–H groups in total. The van der Waals surface area contributed by atoms with Crippen molar-refractivity contribution in [3.8, 4) is 0 Å². The lowest BCUT2D eigenvalue weighted by molar-refractivity contribution is -0.870. The highest BCUT2D eigenvalue weighted by atomic mass is 31.2. The molecule has 0 saturated heterocycles. The number of rotatable bonds is 78. The fourth-order valence-corrected chi connectivity index (χ4v) is 13.1. The molecule has 0 aliphatic carbocycles. The van der Waals surface area contributed by atoms with Gasteiger partial charge in [0.1, 0.15) is 19.8 Å². The summed E-state index contributed by atoms with van der Waals surface area (Å²) in [5, 5.41) is 0. The van der Waals surface area contributed by atoms with Crippen molar-refractivity contribution < 1.29 is 42.1 Å². The molecule has 562 valence electrons. The van der Waals surface area contributed by atoms with E-state index in [0.717, 1.165) is 64.2 Å². The molecule has 2 atom stereocenters. The minimum absolute atomic E-state index is 0.0338. The summed E-state index contributed by atoms with van der Waals surface area (Å²) in [6, 6.07) is 0. The van der Waals surface area contributed by atoms with Crippen LogP contribution in [0.15, 0.2) is 72.9 Å². The van der Waals surface area contributed by atoms with Gasteiger partial charge in [-0.3, -0.25) is 18.6 Å². The third-order valence-corrected chi connectivity index (χ3v) is 19.7. The van der Waals surface area contributed by atoms with E-state index in [2.05, 4.69) is 86.8 Å². The molecule has 0 aliphatic rings. The number of phosphoric acid groups is 1. The second-order valence-electron chi connectivity index (χ2n) is 29.5. The Morgan fingerprint density at radius 2 is 0.594 bits per heavy atom. The van der Waals surface area contributed by atoms with E-state index >= 15 is 0 Å². The SMILES string of the molecule is CC/C=C\C/C=C\C/C=C\C/C=C\CCCCCCCCCCCCCCCCCCCCCCCCC(=O)OC(COC(=O)CCCCCCCCCCCCCCCCCCCCCCCCCCC/C=C\C/C=C\CCCCCCC)COP(=O)(O)OCC[N+](C)(C)C. The zero-order chi connectivity index (χ0) is 69.7. The molecule has 0 aromatic rings. The molecule has 9 nitrogen and oxygen atoms in total. The van der Waals surface area contributed by atoms with E-state index in [1.54, 1.807) is 0 Å². The lowest BCUT2D eigenvalue weighted by atomic mass is 10.0. The predicted octanol–water partition coefficient (Wildman–Crippen LogP) is 27.8. The normalized spacial score (nSPS) is 13.4. The smallest absolute Gasteiger partial charge is 0.462 e. The fourth-order valence-electron chi connectivity index (χ4n) is 12.4. The highest BCUT2D eigenvalue weighted by molar-refractivity contribution is 7.47. The number of carbonyl (C=O) groups is 2.